The predicted molar refractivity (Wildman–Crippen MR) is 118 cm³/mol. The van der Waals surface area contributed by atoms with Crippen molar-refractivity contribution < 1.29 is 8.42 Å². The van der Waals surface area contributed by atoms with Crippen LogP contribution in [0.3, 0.4) is 0 Å². The van der Waals surface area contributed by atoms with Crippen LogP contribution < -0.4 is 4.72 Å². The first-order valence-corrected chi connectivity index (χ1v) is 12.2. The minimum absolute atomic E-state index is 0.00269. The van der Waals surface area contributed by atoms with Crippen molar-refractivity contribution in [2.24, 2.45) is 0 Å². The number of hydrogen-bond acceptors (Lipinski definition) is 5. The van der Waals surface area contributed by atoms with Gasteiger partial charge in [0.15, 0.2) is 11.0 Å². The number of hydrogen-bond donors (Lipinski definition) is 1. The molecule has 0 aliphatic heterocycles. The van der Waals surface area contributed by atoms with Gasteiger partial charge in [-0.25, -0.2) is 13.1 Å². The largest absolute Gasteiger partial charge is 0.272 e. The van der Waals surface area contributed by atoms with E-state index in [-0.39, 0.29) is 5.75 Å². The molecule has 6 nitrogen and oxygen atoms in total. The number of nitrogens with zero attached hydrogens (tertiary/aromatic N) is 3. The Morgan fingerprint density at radius 2 is 1.90 bits per heavy atom. The first-order valence-electron chi connectivity index (χ1n) is 9.19. The van der Waals surface area contributed by atoms with Gasteiger partial charge in [-0.15, -0.1) is 10.2 Å². The lowest BCUT2D eigenvalue weighted by Gasteiger charge is -2.17. The highest BCUT2D eigenvalue weighted by atomic mass is 35.5. The summed E-state index contributed by atoms with van der Waals surface area (Å²) in [6, 6.07) is 15.1. The summed E-state index contributed by atoms with van der Waals surface area (Å²) in [5.41, 5.74) is 2.98. The topological polar surface area (TPSA) is 76.9 Å². The molecule has 1 heterocycles. The molecule has 1 N–H and O–H groups in total. The average molecular weight is 451 g/mol. The maximum Gasteiger partial charge on any atom is 0.211 e. The van der Waals surface area contributed by atoms with Crippen LogP contribution >= 0.6 is 23.4 Å². The van der Waals surface area contributed by atoms with Gasteiger partial charge in [-0.2, -0.15) is 0 Å². The molecule has 0 aliphatic carbocycles. The minimum atomic E-state index is -3.39. The van der Waals surface area contributed by atoms with Gasteiger partial charge in [-0.05, 0) is 44.0 Å². The maximum atomic E-state index is 12.1. The van der Waals surface area contributed by atoms with Gasteiger partial charge in [0.2, 0.25) is 10.0 Å². The zero-order valence-corrected chi connectivity index (χ0v) is 18.9. The van der Waals surface area contributed by atoms with Crippen LogP contribution in [0.2, 0.25) is 5.02 Å². The van der Waals surface area contributed by atoms with Gasteiger partial charge < -0.3 is 0 Å². The van der Waals surface area contributed by atoms with E-state index in [2.05, 4.69) is 27.1 Å². The second-order valence-electron chi connectivity index (χ2n) is 6.62. The molecule has 0 spiro atoms. The van der Waals surface area contributed by atoms with Gasteiger partial charge in [0.05, 0.1) is 17.5 Å². The number of halogens is 1. The minimum Gasteiger partial charge on any atom is -0.272 e. The SMILES string of the molecule is CCS(=O)(=O)NC(C)c1nnc(SCc2ccccc2)n1-c1cc(Cl)ccc1C. The standard InChI is InChI=1S/C20H23ClN4O2S2/c1-4-29(26,27)24-15(3)19-22-23-20(28-13-16-8-6-5-7-9-16)25(19)18-12-17(21)11-10-14(18)2/h5-12,15,24H,4,13H2,1-3H3. The van der Waals surface area contributed by atoms with E-state index in [4.69, 9.17) is 11.6 Å². The summed E-state index contributed by atoms with van der Waals surface area (Å²) in [5.74, 6) is 1.23. The Balaban J connectivity index is 2.02. The number of aromatic nitrogens is 3. The summed E-state index contributed by atoms with van der Waals surface area (Å²) in [5, 5.41) is 9.94. The molecule has 3 rings (SSSR count). The molecule has 1 aromatic heterocycles. The molecule has 0 aliphatic rings. The zero-order valence-electron chi connectivity index (χ0n) is 16.5. The molecule has 1 unspecified atom stereocenters. The highest BCUT2D eigenvalue weighted by molar-refractivity contribution is 7.98. The van der Waals surface area contributed by atoms with E-state index in [1.54, 1.807) is 25.6 Å². The van der Waals surface area contributed by atoms with Crippen LogP contribution in [0.1, 0.15) is 36.8 Å². The van der Waals surface area contributed by atoms with Crippen molar-refractivity contribution in [1.29, 1.82) is 0 Å². The van der Waals surface area contributed by atoms with E-state index in [0.29, 0.717) is 21.8 Å². The second-order valence-corrected chi connectivity index (χ2v) is 10.0. The summed E-state index contributed by atoms with van der Waals surface area (Å²) in [4.78, 5) is 0. The molecule has 29 heavy (non-hydrogen) atoms. The molecule has 1 atom stereocenters. The Labute approximate surface area is 180 Å². The van der Waals surface area contributed by atoms with Crippen LogP contribution in [0.4, 0.5) is 0 Å². The van der Waals surface area contributed by atoms with E-state index in [0.717, 1.165) is 16.8 Å². The molecule has 0 amide bonds. The summed E-state index contributed by atoms with van der Waals surface area (Å²) < 4.78 is 28.7. The first-order chi connectivity index (χ1) is 13.8. The number of thioether (sulfide) groups is 1. The Morgan fingerprint density at radius 1 is 1.17 bits per heavy atom. The lowest BCUT2D eigenvalue weighted by molar-refractivity contribution is 0.557. The highest BCUT2D eigenvalue weighted by Crippen LogP contribution is 2.30. The van der Waals surface area contributed by atoms with E-state index < -0.39 is 16.1 Å². The normalized spacial score (nSPS) is 12.8. The van der Waals surface area contributed by atoms with Gasteiger partial charge in [-0.3, -0.25) is 4.57 Å². The smallest absolute Gasteiger partial charge is 0.211 e. The average Bonchev–Trinajstić information content (AvgIpc) is 3.12. The van der Waals surface area contributed by atoms with E-state index >= 15 is 0 Å². The number of rotatable bonds is 8. The van der Waals surface area contributed by atoms with Crippen molar-refractivity contribution in [3.63, 3.8) is 0 Å². The van der Waals surface area contributed by atoms with Crippen LogP contribution in [0.15, 0.2) is 53.7 Å². The number of nitrogens with one attached hydrogen (secondary N) is 1. The first kappa shape index (κ1) is 21.8. The molecule has 154 valence electrons. The molecule has 0 saturated carbocycles. The van der Waals surface area contributed by atoms with Crippen molar-refractivity contribution in [1.82, 2.24) is 19.5 Å². The number of sulfonamides is 1. The zero-order chi connectivity index (χ0) is 21.0. The van der Waals surface area contributed by atoms with Gasteiger partial charge >= 0.3 is 0 Å². The van der Waals surface area contributed by atoms with Gasteiger partial charge in [0, 0.05) is 10.8 Å². The Hall–Kier alpha value is -1.87. The quantitative estimate of drug-likeness (QED) is 0.510. The Morgan fingerprint density at radius 3 is 2.59 bits per heavy atom. The van der Waals surface area contributed by atoms with Crippen molar-refractivity contribution in [2.75, 3.05) is 5.75 Å². The third-order valence-corrected chi connectivity index (χ3v) is 7.11. The monoisotopic (exact) mass is 450 g/mol. The van der Waals surface area contributed by atoms with Crippen LogP contribution in [-0.2, 0) is 15.8 Å². The highest BCUT2D eigenvalue weighted by Gasteiger charge is 2.23. The molecular formula is C20H23ClN4O2S2. The van der Waals surface area contributed by atoms with Crippen LogP contribution in [0.5, 0.6) is 0 Å². The fraction of sp³-hybridized carbons (Fsp3) is 0.300. The lowest BCUT2D eigenvalue weighted by Crippen LogP contribution is -2.30. The van der Waals surface area contributed by atoms with Gasteiger partial charge in [-0.1, -0.05) is 59.8 Å². The predicted octanol–water partition coefficient (Wildman–Crippen LogP) is 4.52. The van der Waals surface area contributed by atoms with E-state index in [9.17, 15) is 8.42 Å². The van der Waals surface area contributed by atoms with E-state index in [1.807, 2.05) is 47.9 Å². The molecule has 9 heteroatoms. The second kappa shape index (κ2) is 9.30. The number of aryl methyl sites for hydroxylation is 1. The fourth-order valence-electron chi connectivity index (χ4n) is 2.83. The summed E-state index contributed by atoms with van der Waals surface area (Å²) >= 11 is 7.79. The van der Waals surface area contributed by atoms with Gasteiger partial charge in [0.1, 0.15) is 0 Å². The van der Waals surface area contributed by atoms with Crippen molar-refractivity contribution >= 4 is 33.4 Å². The Bertz CT molecular complexity index is 1090. The van der Waals surface area contributed by atoms with Crippen molar-refractivity contribution in [3.8, 4) is 5.69 Å². The number of benzene rings is 2. The third kappa shape index (κ3) is 5.39. The van der Waals surface area contributed by atoms with E-state index in [1.165, 1.54) is 0 Å². The Kier molecular flexibility index (Phi) is 7.00. The molecular weight excluding hydrogens is 428 g/mol. The molecule has 0 fully saturated rings. The molecule has 0 saturated heterocycles. The molecule has 3 aromatic rings. The third-order valence-electron chi connectivity index (χ3n) is 4.40. The molecule has 0 bridgehead atoms. The molecule has 0 radical (unpaired) electrons. The fourth-order valence-corrected chi connectivity index (χ4v) is 4.72. The van der Waals surface area contributed by atoms with Crippen LogP contribution in [0, 0.1) is 6.92 Å². The summed E-state index contributed by atoms with van der Waals surface area (Å²) in [6.45, 7) is 5.34. The summed E-state index contributed by atoms with van der Waals surface area (Å²) in [7, 11) is -3.39. The van der Waals surface area contributed by atoms with Crippen molar-refractivity contribution in [2.45, 2.75) is 37.7 Å². The lowest BCUT2D eigenvalue weighted by atomic mass is 10.2. The van der Waals surface area contributed by atoms with Crippen LogP contribution in [-0.4, -0.2) is 28.9 Å². The maximum absolute atomic E-state index is 12.1. The van der Waals surface area contributed by atoms with Gasteiger partial charge in [0.25, 0.3) is 0 Å². The van der Waals surface area contributed by atoms with Crippen molar-refractivity contribution in [3.05, 3.63) is 70.5 Å². The molecule has 2 aromatic carbocycles. The van der Waals surface area contributed by atoms with Crippen LogP contribution in [0.25, 0.3) is 5.69 Å². The summed E-state index contributed by atoms with van der Waals surface area (Å²) in [6.07, 6.45) is 0.